The molecule has 2 aromatic heterocycles. The third kappa shape index (κ3) is 4.87. The van der Waals surface area contributed by atoms with E-state index in [2.05, 4.69) is 105 Å². The molecule has 1 aliphatic carbocycles. The molecule has 0 fully saturated rings. The van der Waals surface area contributed by atoms with Gasteiger partial charge in [0.25, 0.3) is 0 Å². The lowest BCUT2D eigenvalue weighted by Crippen LogP contribution is -2.14. The van der Waals surface area contributed by atoms with Crippen LogP contribution < -0.4 is 0 Å². The average molecular weight is 668 g/mol. The fourth-order valence-electron chi connectivity index (χ4n) is 7.86. The summed E-state index contributed by atoms with van der Waals surface area (Å²) in [7, 11) is 0. The van der Waals surface area contributed by atoms with Gasteiger partial charge in [0.15, 0.2) is 17.5 Å². The molecule has 246 valence electrons. The molecule has 0 saturated heterocycles. The van der Waals surface area contributed by atoms with E-state index in [0.29, 0.717) is 17.5 Å². The molecule has 0 radical (unpaired) electrons. The Morgan fingerprint density at radius 3 is 1.62 bits per heavy atom. The molecule has 7 aromatic carbocycles. The zero-order chi connectivity index (χ0) is 34.8. The van der Waals surface area contributed by atoms with E-state index in [-0.39, 0.29) is 5.41 Å². The lowest BCUT2D eigenvalue weighted by Gasteiger charge is -2.22. The van der Waals surface area contributed by atoms with Gasteiger partial charge >= 0.3 is 0 Å². The molecule has 52 heavy (non-hydrogen) atoms. The molecule has 0 N–H and O–H groups in total. The summed E-state index contributed by atoms with van der Waals surface area (Å²) >= 11 is 0. The van der Waals surface area contributed by atoms with Crippen LogP contribution >= 0.6 is 0 Å². The molecule has 4 nitrogen and oxygen atoms in total. The fraction of sp³-hybridized carbons (Fsp3) is 0.0625. The Kier molecular flexibility index (Phi) is 6.80. The molecule has 0 unspecified atom stereocenters. The monoisotopic (exact) mass is 667 g/mol. The Labute approximate surface area is 302 Å². The Hall–Kier alpha value is -6.65. The van der Waals surface area contributed by atoms with E-state index in [1.165, 1.54) is 33.4 Å². The van der Waals surface area contributed by atoms with Crippen LogP contribution in [0.15, 0.2) is 168 Å². The van der Waals surface area contributed by atoms with Gasteiger partial charge in [-0.15, -0.1) is 0 Å². The zero-order valence-electron chi connectivity index (χ0n) is 28.8. The van der Waals surface area contributed by atoms with Crippen LogP contribution in [0.4, 0.5) is 0 Å². The molecule has 0 bridgehead atoms. The maximum atomic E-state index is 6.42. The molecule has 0 spiro atoms. The first-order valence-electron chi connectivity index (χ1n) is 17.7. The quantitative estimate of drug-likeness (QED) is 0.183. The van der Waals surface area contributed by atoms with Gasteiger partial charge in [-0.25, -0.2) is 15.0 Å². The summed E-state index contributed by atoms with van der Waals surface area (Å²) in [6.45, 7) is 4.66. The van der Waals surface area contributed by atoms with Crippen molar-refractivity contribution in [1.29, 1.82) is 0 Å². The Bertz CT molecular complexity index is 2740. The highest BCUT2D eigenvalue weighted by atomic mass is 16.3. The van der Waals surface area contributed by atoms with Crippen LogP contribution in [0.5, 0.6) is 0 Å². The highest BCUT2D eigenvalue weighted by molar-refractivity contribution is 6.12. The standard InChI is InChI=1S/C48H33N3O/c1-48(2)40-18-10-9-16-36(40)37-26-24-35(29-41(37)48)31-22-20-30(21-23-31)34-25-27-42-39(28-34)44-38(17-11-19-43(44)52-42)47-50-45(32-12-5-3-6-13-32)49-46(51-47)33-14-7-4-8-15-33/h3-29H,1-2H3. The minimum Gasteiger partial charge on any atom is -0.456 e. The highest BCUT2D eigenvalue weighted by Gasteiger charge is 2.35. The third-order valence-electron chi connectivity index (χ3n) is 10.6. The third-order valence-corrected chi connectivity index (χ3v) is 10.6. The van der Waals surface area contributed by atoms with Gasteiger partial charge in [0.05, 0.1) is 0 Å². The summed E-state index contributed by atoms with van der Waals surface area (Å²) in [4.78, 5) is 15.0. The highest BCUT2D eigenvalue weighted by Crippen LogP contribution is 2.49. The second kappa shape index (κ2) is 11.7. The molecular formula is C48H33N3O. The van der Waals surface area contributed by atoms with Crippen LogP contribution in [0.3, 0.4) is 0 Å². The van der Waals surface area contributed by atoms with Crippen LogP contribution in [-0.4, -0.2) is 15.0 Å². The number of rotatable bonds is 5. The molecule has 1 aliphatic rings. The Morgan fingerprint density at radius 2 is 0.923 bits per heavy atom. The molecule has 4 heteroatoms. The van der Waals surface area contributed by atoms with E-state index in [1.807, 2.05) is 72.8 Å². The van der Waals surface area contributed by atoms with Crippen LogP contribution in [0.1, 0.15) is 25.0 Å². The van der Waals surface area contributed by atoms with Crippen molar-refractivity contribution in [3.8, 4) is 67.5 Å². The van der Waals surface area contributed by atoms with Crippen molar-refractivity contribution in [3.05, 3.63) is 175 Å². The van der Waals surface area contributed by atoms with Crippen molar-refractivity contribution in [2.75, 3.05) is 0 Å². The summed E-state index contributed by atoms with van der Waals surface area (Å²) < 4.78 is 6.42. The predicted octanol–water partition coefficient (Wildman–Crippen LogP) is 12.4. The molecule has 0 amide bonds. The topological polar surface area (TPSA) is 51.8 Å². The first kappa shape index (κ1) is 30.2. The van der Waals surface area contributed by atoms with Crippen LogP contribution in [-0.2, 0) is 5.41 Å². The van der Waals surface area contributed by atoms with Gasteiger partial charge in [-0.05, 0) is 68.8 Å². The smallest absolute Gasteiger partial charge is 0.164 e. The number of nitrogens with zero attached hydrogens (tertiary/aromatic N) is 3. The molecule has 0 aliphatic heterocycles. The number of hydrogen-bond acceptors (Lipinski definition) is 4. The van der Waals surface area contributed by atoms with Crippen molar-refractivity contribution in [2.24, 2.45) is 0 Å². The second-order valence-electron chi connectivity index (χ2n) is 14.0. The number of hydrogen-bond donors (Lipinski definition) is 0. The van der Waals surface area contributed by atoms with E-state index in [9.17, 15) is 0 Å². The van der Waals surface area contributed by atoms with Gasteiger partial charge in [-0.3, -0.25) is 0 Å². The minimum absolute atomic E-state index is 0.0307. The minimum atomic E-state index is -0.0307. The van der Waals surface area contributed by atoms with E-state index in [0.717, 1.165) is 49.8 Å². The number of benzene rings is 7. The van der Waals surface area contributed by atoms with Crippen molar-refractivity contribution >= 4 is 21.9 Å². The van der Waals surface area contributed by atoms with Crippen molar-refractivity contribution in [2.45, 2.75) is 19.3 Å². The number of fused-ring (bicyclic) bond motifs is 6. The van der Waals surface area contributed by atoms with Gasteiger partial charge < -0.3 is 4.42 Å². The Morgan fingerprint density at radius 1 is 0.385 bits per heavy atom. The number of aromatic nitrogens is 3. The SMILES string of the molecule is CC1(C)c2ccccc2-c2ccc(-c3ccc(-c4ccc5oc6cccc(-c7nc(-c8ccccc8)nc(-c8ccccc8)n7)c6c5c4)cc3)cc21. The zero-order valence-corrected chi connectivity index (χ0v) is 28.8. The lowest BCUT2D eigenvalue weighted by atomic mass is 9.81. The summed E-state index contributed by atoms with van der Waals surface area (Å²) in [5.41, 5.74) is 14.5. The van der Waals surface area contributed by atoms with Gasteiger partial charge in [0.1, 0.15) is 11.2 Å². The molecule has 10 rings (SSSR count). The summed E-state index contributed by atoms with van der Waals surface area (Å²) in [6.07, 6.45) is 0. The van der Waals surface area contributed by atoms with Crippen molar-refractivity contribution in [1.82, 2.24) is 15.0 Å². The maximum absolute atomic E-state index is 6.42. The largest absolute Gasteiger partial charge is 0.456 e. The van der Waals surface area contributed by atoms with E-state index in [1.54, 1.807) is 0 Å². The summed E-state index contributed by atoms with van der Waals surface area (Å²) in [5, 5.41) is 2.01. The van der Waals surface area contributed by atoms with E-state index in [4.69, 9.17) is 19.4 Å². The predicted molar refractivity (Wildman–Crippen MR) is 212 cm³/mol. The van der Waals surface area contributed by atoms with Gasteiger partial charge in [-0.2, -0.15) is 0 Å². The molecule has 0 saturated carbocycles. The van der Waals surface area contributed by atoms with Gasteiger partial charge in [0.2, 0.25) is 0 Å². The first-order valence-corrected chi connectivity index (χ1v) is 17.7. The van der Waals surface area contributed by atoms with Gasteiger partial charge in [-0.1, -0.05) is 153 Å². The van der Waals surface area contributed by atoms with Crippen molar-refractivity contribution in [3.63, 3.8) is 0 Å². The number of furan rings is 1. The normalized spacial score (nSPS) is 13.0. The van der Waals surface area contributed by atoms with Crippen LogP contribution in [0.2, 0.25) is 0 Å². The maximum Gasteiger partial charge on any atom is 0.164 e. The molecular weight excluding hydrogens is 635 g/mol. The average Bonchev–Trinajstić information content (AvgIpc) is 3.70. The first-order chi connectivity index (χ1) is 25.5. The van der Waals surface area contributed by atoms with Crippen LogP contribution in [0.25, 0.3) is 89.5 Å². The second-order valence-corrected chi connectivity index (χ2v) is 14.0. The van der Waals surface area contributed by atoms with Crippen molar-refractivity contribution < 1.29 is 4.42 Å². The van der Waals surface area contributed by atoms with Gasteiger partial charge in [0, 0.05) is 32.9 Å². The fourth-order valence-corrected chi connectivity index (χ4v) is 7.86. The molecule has 2 heterocycles. The Balaban J connectivity index is 1.05. The van der Waals surface area contributed by atoms with Crippen LogP contribution in [0, 0.1) is 0 Å². The molecule has 0 atom stereocenters. The summed E-state index contributed by atoms with van der Waals surface area (Å²) in [5.74, 6) is 1.87. The lowest BCUT2D eigenvalue weighted by molar-refractivity contribution is 0.660. The summed E-state index contributed by atoms with van der Waals surface area (Å²) in [6, 6.07) is 57.3. The molecule has 9 aromatic rings. The van der Waals surface area contributed by atoms with E-state index < -0.39 is 0 Å². The van der Waals surface area contributed by atoms with E-state index >= 15 is 0 Å².